The van der Waals surface area contributed by atoms with Gasteiger partial charge in [-0.25, -0.2) is 0 Å². The van der Waals surface area contributed by atoms with Gasteiger partial charge >= 0.3 is 6.18 Å². The van der Waals surface area contributed by atoms with E-state index in [2.05, 4.69) is 12.2 Å². The van der Waals surface area contributed by atoms with Gasteiger partial charge in [-0.2, -0.15) is 13.2 Å². The number of hydrogen-bond donors (Lipinski definition) is 1. The summed E-state index contributed by atoms with van der Waals surface area (Å²) in [6.45, 7) is 6.42. The molecule has 1 atom stereocenters. The van der Waals surface area contributed by atoms with Gasteiger partial charge in [0.25, 0.3) is 0 Å². The lowest BCUT2D eigenvalue weighted by Crippen LogP contribution is -2.25. The smallest absolute Gasteiger partial charge is 0.416 e. The van der Waals surface area contributed by atoms with Crippen LogP contribution in [0.2, 0.25) is 0 Å². The molecule has 0 radical (unpaired) electrons. The molecule has 0 amide bonds. The molecule has 0 bridgehead atoms. The Morgan fingerprint density at radius 2 is 1.84 bits per heavy atom. The van der Waals surface area contributed by atoms with Crippen molar-refractivity contribution in [3.8, 4) is 5.75 Å². The number of hydrogen-bond acceptors (Lipinski definition) is 2. The lowest BCUT2D eigenvalue weighted by atomic mass is 10.2. The van der Waals surface area contributed by atoms with Gasteiger partial charge in [0.15, 0.2) is 0 Å². The minimum Gasteiger partial charge on any atom is -0.493 e. The molecule has 0 aliphatic rings. The van der Waals surface area contributed by atoms with Crippen molar-refractivity contribution in [3.63, 3.8) is 0 Å². The number of ether oxygens (including phenoxy) is 1. The quantitative estimate of drug-likeness (QED) is 0.766. The maximum atomic E-state index is 12.4. The van der Waals surface area contributed by atoms with Crippen LogP contribution in [0, 0.1) is 5.92 Å². The van der Waals surface area contributed by atoms with Crippen LogP contribution in [0.4, 0.5) is 13.2 Å². The van der Waals surface area contributed by atoms with Crippen molar-refractivity contribution < 1.29 is 17.9 Å². The van der Waals surface area contributed by atoms with Crippen molar-refractivity contribution >= 4 is 0 Å². The molecular weight excluding hydrogens is 255 g/mol. The topological polar surface area (TPSA) is 21.3 Å². The van der Waals surface area contributed by atoms with Crippen LogP contribution in [0.15, 0.2) is 24.3 Å². The normalized spacial score (nSPS) is 13.3. The first-order chi connectivity index (χ1) is 8.93. The van der Waals surface area contributed by atoms with Crippen molar-refractivity contribution in [2.75, 3.05) is 19.7 Å². The largest absolute Gasteiger partial charge is 0.493 e. The fourth-order valence-corrected chi connectivity index (χ4v) is 1.56. The van der Waals surface area contributed by atoms with Crippen LogP contribution in [0.3, 0.4) is 0 Å². The van der Waals surface area contributed by atoms with Crippen molar-refractivity contribution in [2.24, 2.45) is 5.92 Å². The van der Waals surface area contributed by atoms with E-state index in [4.69, 9.17) is 4.74 Å². The summed E-state index contributed by atoms with van der Waals surface area (Å²) >= 11 is 0. The number of nitrogens with one attached hydrogen (secondary N) is 1. The van der Waals surface area contributed by atoms with E-state index in [9.17, 15) is 13.2 Å². The third-order valence-corrected chi connectivity index (χ3v) is 2.64. The lowest BCUT2D eigenvalue weighted by Gasteiger charge is -2.14. The van der Waals surface area contributed by atoms with Gasteiger partial charge in [0.1, 0.15) is 5.75 Å². The first-order valence-corrected chi connectivity index (χ1v) is 6.44. The third kappa shape index (κ3) is 5.96. The standard InChI is InChI=1S/C14H20F3NO/c1-3-8-18-9-11(2)10-19-13-6-4-12(5-7-13)14(15,16)17/h4-7,11,18H,3,8-10H2,1-2H3. The maximum Gasteiger partial charge on any atom is 0.416 e. The van der Waals surface area contributed by atoms with E-state index in [-0.39, 0.29) is 0 Å². The Labute approximate surface area is 112 Å². The molecule has 1 aromatic rings. The van der Waals surface area contributed by atoms with Gasteiger partial charge in [-0.15, -0.1) is 0 Å². The number of halogens is 3. The van der Waals surface area contributed by atoms with E-state index in [1.54, 1.807) is 0 Å². The zero-order chi connectivity index (χ0) is 14.3. The summed E-state index contributed by atoms with van der Waals surface area (Å²) < 4.78 is 42.5. The highest BCUT2D eigenvalue weighted by molar-refractivity contribution is 5.28. The Hall–Kier alpha value is -1.23. The van der Waals surface area contributed by atoms with Crippen molar-refractivity contribution in [2.45, 2.75) is 26.4 Å². The first-order valence-electron chi connectivity index (χ1n) is 6.44. The highest BCUT2D eigenvalue weighted by Gasteiger charge is 2.29. The molecule has 0 saturated carbocycles. The molecule has 5 heteroatoms. The average Bonchev–Trinajstić information content (AvgIpc) is 2.36. The van der Waals surface area contributed by atoms with Gasteiger partial charge in [0.05, 0.1) is 12.2 Å². The molecule has 1 rings (SSSR count). The van der Waals surface area contributed by atoms with Gasteiger partial charge in [-0.3, -0.25) is 0 Å². The second-order valence-electron chi connectivity index (χ2n) is 4.64. The predicted molar refractivity (Wildman–Crippen MR) is 69.3 cm³/mol. The SMILES string of the molecule is CCCNCC(C)COc1ccc(C(F)(F)F)cc1. The van der Waals surface area contributed by atoms with Crippen LogP contribution in [0.25, 0.3) is 0 Å². The highest BCUT2D eigenvalue weighted by atomic mass is 19.4. The summed E-state index contributed by atoms with van der Waals surface area (Å²) in [7, 11) is 0. The Balaban J connectivity index is 2.37. The van der Waals surface area contributed by atoms with Crippen LogP contribution < -0.4 is 10.1 Å². The lowest BCUT2D eigenvalue weighted by molar-refractivity contribution is -0.137. The second kappa shape index (κ2) is 7.38. The molecule has 0 aliphatic carbocycles. The molecule has 2 nitrogen and oxygen atoms in total. The Morgan fingerprint density at radius 1 is 1.21 bits per heavy atom. The summed E-state index contributed by atoms with van der Waals surface area (Å²) in [4.78, 5) is 0. The summed E-state index contributed by atoms with van der Waals surface area (Å²) in [5.74, 6) is 0.782. The molecule has 19 heavy (non-hydrogen) atoms. The molecule has 0 spiro atoms. The Bertz CT molecular complexity index is 362. The molecule has 0 heterocycles. The van der Waals surface area contributed by atoms with E-state index in [0.29, 0.717) is 18.3 Å². The van der Waals surface area contributed by atoms with Crippen LogP contribution in [0.1, 0.15) is 25.8 Å². The van der Waals surface area contributed by atoms with Crippen LogP contribution >= 0.6 is 0 Å². The fourth-order valence-electron chi connectivity index (χ4n) is 1.56. The first kappa shape index (κ1) is 15.8. The Kier molecular flexibility index (Phi) is 6.15. The summed E-state index contributed by atoms with van der Waals surface area (Å²) in [5, 5.41) is 3.27. The van der Waals surface area contributed by atoms with E-state index in [1.165, 1.54) is 12.1 Å². The van der Waals surface area contributed by atoms with Gasteiger partial charge in [-0.1, -0.05) is 13.8 Å². The molecule has 0 fully saturated rings. The van der Waals surface area contributed by atoms with E-state index >= 15 is 0 Å². The predicted octanol–water partition coefficient (Wildman–Crippen LogP) is 3.72. The number of benzene rings is 1. The molecule has 1 N–H and O–H groups in total. The monoisotopic (exact) mass is 275 g/mol. The Morgan fingerprint density at radius 3 is 2.37 bits per heavy atom. The zero-order valence-electron chi connectivity index (χ0n) is 11.3. The summed E-state index contributed by atoms with van der Waals surface area (Å²) in [6, 6.07) is 4.79. The molecule has 1 unspecified atom stereocenters. The maximum absolute atomic E-state index is 12.4. The zero-order valence-corrected chi connectivity index (χ0v) is 11.3. The van der Waals surface area contributed by atoms with E-state index in [0.717, 1.165) is 31.6 Å². The second-order valence-corrected chi connectivity index (χ2v) is 4.64. The molecule has 1 aromatic carbocycles. The number of alkyl halides is 3. The van der Waals surface area contributed by atoms with Crippen molar-refractivity contribution in [3.05, 3.63) is 29.8 Å². The minimum atomic E-state index is -4.30. The molecule has 0 aromatic heterocycles. The average molecular weight is 275 g/mol. The van der Waals surface area contributed by atoms with Gasteiger partial charge in [0, 0.05) is 12.5 Å². The third-order valence-electron chi connectivity index (χ3n) is 2.64. The van der Waals surface area contributed by atoms with Crippen LogP contribution in [-0.2, 0) is 6.18 Å². The molecule has 0 saturated heterocycles. The molecule has 0 aliphatic heterocycles. The van der Waals surface area contributed by atoms with Gasteiger partial charge in [0.2, 0.25) is 0 Å². The van der Waals surface area contributed by atoms with Crippen molar-refractivity contribution in [1.29, 1.82) is 0 Å². The van der Waals surface area contributed by atoms with Crippen LogP contribution in [-0.4, -0.2) is 19.7 Å². The summed E-state index contributed by atoms with van der Waals surface area (Å²) in [5.41, 5.74) is -0.655. The highest BCUT2D eigenvalue weighted by Crippen LogP contribution is 2.30. The molecular formula is C14H20F3NO. The van der Waals surface area contributed by atoms with Crippen molar-refractivity contribution in [1.82, 2.24) is 5.32 Å². The van der Waals surface area contributed by atoms with Crippen LogP contribution in [0.5, 0.6) is 5.75 Å². The minimum absolute atomic E-state index is 0.314. The fraction of sp³-hybridized carbons (Fsp3) is 0.571. The van der Waals surface area contributed by atoms with E-state index < -0.39 is 11.7 Å². The van der Waals surface area contributed by atoms with Gasteiger partial charge in [-0.05, 0) is 37.2 Å². The van der Waals surface area contributed by atoms with Gasteiger partial charge < -0.3 is 10.1 Å². The summed E-state index contributed by atoms with van der Waals surface area (Å²) in [6.07, 6.45) is -3.22. The molecule has 108 valence electrons. The van der Waals surface area contributed by atoms with E-state index in [1.807, 2.05) is 6.92 Å². The number of rotatable bonds is 7.